The molecule has 36 heavy (non-hydrogen) atoms. The first-order valence-corrected chi connectivity index (χ1v) is 19.8. The second-order valence-electron chi connectivity index (χ2n) is 10.6. The summed E-state index contributed by atoms with van der Waals surface area (Å²) in [6.07, 6.45) is 14.4. The fraction of sp³-hybridized carbons (Fsp3) is 0.207. The van der Waals surface area contributed by atoms with Gasteiger partial charge in [-0.05, 0) is 73.9 Å². The molecule has 3 heterocycles. The van der Waals surface area contributed by atoms with E-state index in [2.05, 4.69) is 125 Å². The predicted molar refractivity (Wildman–Crippen MR) is 172 cm³/mol. The molecular weight excluding hydrogens is 585 g/mol. The van der Waals surface area contributed by atoms with Crippen molar-refractivity contribution in [3.63, 3.8) is 0 Å². The molecule has 0 bridgehead atoms. The number of hydrogen-bond donors (Lipinski definition) is 0. The monoisotopic (exact) mass is 612 g/mol. The summed E-state index contributed by atoms with van der Waals surface area (Å²) < 4.78 is 9.25. The first-order chi connectivity index (χ1) is 17.0. The smallest absolute Gasteiger partial charge is 0.145 e. The van der Waals surface area contributed by atoms with Crippen molar-refractivity contribution in [3.05, 3.63) is 71.2 Å². The average Bonchev–Trinajstić information content (AvgIpc) is 3.53. The normalized spacial score (nSPS) is 13.8. The van der Waals surface area contributed by atoms with E-state index in [1.807, 2.05) is 22.7 Å². The van der Waals surface area contributed by atoms with E-state index >= 15 is 0 Å². The lowest BCUT2D eigenvalue weighted by molar-refractivity contribution is 1.11. The number of rotatable bonds is 4. The number of aromatic nitrogens is 2. The number of nitrogens with zero attached hydrogens (tertiary/aromatic N) is 2. The van der Waals surface area contributed by atoms with Gasteiger partial charge in [0.05, 0.1) is 20.4 Å². The highest BCUT2D eigenvalue weighted by atomic mass is 79.9. The average molecular weight is 614 g/mol. The van der Waals surface area contributed by atoms with Gasteiger partial charge in [0.1, 0.15) is 5.82 Å². The molecule has 3 aromatic heterocycles. The Morgan fingerprint density at radius 2 is 1.28 bits per heavy atom. The zero-order valence-electron chi connectivity index (χ0n) is 21.3. The van der Waals surface area contributed by atoms with Crippen LogP contribution in [0.5, 0.6) is 0 Å². The summed E-state index contributed by atoms with van der Waals surface area (Å²) in [5, 5.41) is 2.63. The molecule has 0 saturated heterocycles. The molecule has 0 amide bonds. The molecule has 2 nitrogen and oxygen atoms in total. The second-order valence-corrected chi connectivity index (χ2v) is 22.4. The lowest BCUT2D eigenvalue weighted by Crippen LogP contribution is -1.97. The maximum Gasteiger partial charge on any atom is 0.145 e. The third kappa shape index (κ3) is 4.04. The summed E-state index contributed by atoms with van der Waals surface area (Å²) in [5.41, 5.74) is 4.60. The summed E-state index contributed by atoms with van der Waals surface area (Å²) in [5.74, 6) is 0.990. The zero-order valence-corrected chi connectivity index (χ0v) is 26.1. The molecule has 0 fully saturated rings. The number of imidazole rings is 1. The fourth-order valence-electron chi connectivity index (χ4n) is 4.51. The lowest BCUT2D eigenvalue weighted by Gasteiger charge is -2.22. The molecule has 0 radical (unpaired) electrons. The standard InChI is InChI=1S/C29H29BrN2S4/c1-35(2,3)23-16-21-25-26(22-17-24(36(4,5)6)34-28(22)27(21)33-23)32(20-10-8-7-9-11-20)29(31-25)18-12-14-19(30)15-13-18/h7-17H,1-6H3. The molecule has 186 valence electrons. The van der Waals surface area contributed by atoms with Crippen LogP contribution < -0.4 is 0 Å². The molecule has 7 heteroatoms. The topological polar surface area (TPSA) is 17.8 Å². The molecule has 0 N–H and O–H groups in total. The Kier molecular flexibility index (Phi) is 5.89. The van der Waals surface area contributed by atoms with Crippen molar-refractivity contribution in [3.8, 4) is 17.1 Å². The molecule has 6 rings (SSSR count). The Morgan fingerprint density at radius 1 is 0.722 bits per heavy atom. The van der Waals surface area contributed by atoms with Crippen LogP contribution in [0.15, 0.2) is 79.6 Å². The van der Waals surface area contributed by atoms with Gasteiger partial charge in [0.2, 0.25) is 0 Å². The van der Waals surface area contributed by atoms with Crippen molar-refractivity contribution >= 4 is 89.9 Å². The molecule has 0 aliphatic rings. The third-order valence-electron chi connectivity index (χ3n) is 6.34. The lowest BCUT2D eigenvalue weighted by atomic mass is 10.1. The van der Waals surface area contributed by atoms with Gasteiger partial charge in [0, 0.05) is 34.9 Å². The van der Waals surface area contributed by atoms with Crippen molar-refractivity contribution in [2.75, 3.05) is 37.5 Å². The molecule has 0 unspecified atom stereocenters. The Hall–Kier alpha value is -1.77. The van der Waals surface area contributed by atoms with E-state index in [0.29, 0.717) is 0 Å². The van der Waals surface area contributed by atoms with E-state index in [1.54, 1.807) is 0 Å². The zero-order chi connectivity index (χ0) is 25.4. The highest BCUT2D eigenvalue weighted by Crippen LogP contribution is 2.57. The number of fused-ring (bicyclic) bond motifs is 6. The molecule has 0 spiro atoms. The van der Waals surface area contributed by atoms with Crippen LogP contribution in [0.2, 0.25) is 0 Å². The molecule has 0 aliphatic heterocycles. The first-order valence-electron chi connectivity index (χ1n) is 11.6. The van der Waals surface area contributed by atoms with Gasteiger partial charge in [-0.1, -0.05) is 46.3 Å². The summed E-state index contributed by atoms with van der Waals surface area (Å²) in [4.78, 5) is 5.41. The van der Waals surface area contributed by atoms with E-state index in [1.165, 1.54) is 34.1 Å². The number of thiophene rings is 2. The van der Waals surface area contributed by atoms with Gasteiger partial charge in [-0.2, -0.15) is 0 Å². The molecule has 0 atom stereocenters. The fourth-order valence-corrected chi connectivity index (χ4v) is 10.2. The van der Waals surface area contributed by atoms with Gasteiger partial charge in [0.15, 0.2) is 0 Å². The minimum Gasteiger partial charge on any atom is -0.292 e. The van der Waals surface area contributed by atoms with Crippen LogP contribution in [0.1, 0.15) is 0 Å². The van der Waals surface area contributed by atoms with Crippen molar-refractivity contribution in [1.29, 1.82) is 0 Å². The van der Waals surface area contributed by atoms with E-state index in [0.717, 1.165) is 27.1 Å². The molecule has 0 saturated carbocycles. The number of para-hydroxylation sites is 1. The first kappa shape index (κ1) is 24.6. The van der Waals surface area contributed by atoms with E-state index in [4.69, 9.17) is 4.98 Å². The SMILES string of the molecule is CS(C)(C)c1cc2c3nc(-c4ccc(Br)cc4)n(-c4ccccc4)c3c3cc(S(C)(C)C)sc3c2s1. The van der Waals surface area contributed by atoms with Crippen LogP contribution in [-0.2, 0) is 0 Å². The van der Waals surface area contributed by atoms with Crippen LogP contribution in [0, 0.1) is 0 Å². The van der Waals surface area contributed by atoms with Crippen LogP contribution >= 0.6 is 58.7 Å². The Bertz CT molecular complexity index is 1750. The molecule has 0 aliphatic carbocycles. The van der Waals surface area contributed by atoms with Gasteiger partial charge < -0.3 is 0 Å². The largest absolute Gasteiger partial charge is 0.292 e. The summed E-state index contributed by atoms with van der Waals surface area (Å²) in [6.45, 7) is 0. The summed E-state index contributed by atoms with van der Waals surface area (Å²) in [7, 11) is -1.71. The van der Waals surface area contributed by atoms with Gasteiger partial charge in [-0.15, -0.1) is 22.7 Å². The van der Waals surface area contributed by atoms with E-state index in [-0.39, 0.29) is 0 Å². The molecule has 6 aromatic rings. The molecule has 3 aromatic carbocycles. The minimum absolute atomic E-state index is 0.847. The maximum atomic E-state index is 5.41. The second kappa shape index (κ2) is 8.63. The highest BCUT2D eigenvalue weighted by molar-refractivity contribution is 9.10. The van der Waals surface area contributed by atoms with E-state index in [9.17, 15) is 0 Å². The van der Waals surface area contributed by atoms with Crippen molar-refractivity contribution in [2.24, 2.45) is 0 Å². The quantitative estimate of drug-likeness (QED) is 0.194. The van der Waals surface area contributed by atoms with Crippen LogP contribution in [0.4, 0.5) is 0 Å². The summed E-state index contributed by atoms with van der Waals surface area (Å²) >= 11 is 7.58. The van der Waals surface area contributed by atoms with Crippen molar-refractivity contribution in [1.82, 2.24) is 9.55 Å². The van der Waals surface area contributed by atoms with Crippen LogP contribution in [-0.4, -0.2) is 47.1 Å². The Balaban J connectivity index is 1.84. The van der Waals surface area contributed by atoms with Crippen molar-refractivity contribution < 1.29 is 0 Å². The third-order valence-corrected chi connectivity index (χ3v) is 15.0. The molecular formula is C29H29BrN2S4. The van der Waals surface area contributed by atoms with Gasteiger partial charge in [-0.3, -0.25) is 4.57 Å². The Labute approximate surface area is 232 Å². The van der Waals surface area contributed by atoms with Gasteiger partial charge in [-0.25, -0.2) is 25.0 Å². The minimum atomic E-state index is -0.858. The number of halogens is 1. The van der Waals surface area contributed by atoms with E-state index < -0.39 is 20.1 Å². The maximum absolute atomic E-state index is 5.41. The number of hydrogen-bond acceptors (Lipinski definition) is 3. The van der Waals surface area contributed by atoms with Crippen LogP contribution in [0.3, 0.4) is 0 Å². The predicted octanol–water partition coefficient (Wildman–Crippen LogP) is 9.99. The van der Waals surface area contributed by atoms with Crippen LogP contribution in [0.25, 0.3) is 48.3 Å². The van der Waals surface area contributed by atoms with Gasteiger partial charge >= 0.3 is 0 Å². The number of benzene rings is 3. The Morgan fingerprint density at radius 3 is 1.86 bits per heavy atom. The van der Waals surface area contributed by atoms with Crippen molar-refractivity contribution in [2.45, 2.75) is 8.42 Å². The summed E-state index contributed by atoms with van der Waals surface area (Å²) in [6, 6.07) is 24.1. The highest BCUT2D eigenvalue weighted by Gasteiger charge is 2.25. The van der Waals surface area contributed by atoms with Gasteiger partial charge in [0.25, 0.3) is 0 Å².